The minimum Gasteiger partial charge on any atom is -0.497 e. The maximum Gasteiger partial charge on any atom is 0.250 e. The van der Waals surface area contributed by atoms with Crippen molar-refractivity contribution in [3.63, 3.8) is 0 Å². The zero-order valence-electron chi connectivity index (χ0n) is 17.0. The Morgan fingerprint density at radius 2 is 2.07 bits per heavy atom. The van der Waals surface area contributed by atoms with Gasteiger partial charge in [0.2, 0.25) is 11.8 Å². The Morgan fingerprint density at radius 3 is 2.80 bits per heavy atom. The molecule has 0 aromatic heterocycles. The number of benzene rings is 2. The van der Waals surface area contributed by atoms with Crippen LogP contribution in [-0.2, 0) is 15.1 Å². The number of hydrogen-bond donors (Lipinski definition) is 2. The van der Waals surface area contributed by atoms with Gasteiger partial charge in [-0.25, -0.2) is 0 Å². The number of nitrogens with one attached hydrogen (secondary N) is 2. The van der Waals surface area contributed by atoms with E-state index < -0.39 is 11.5 Å². The summed E-state index contributed by atoms with van der Waals surface area (Å²) in [5.41, 5.74) is 2.12. The quantitative estimate of drug-likeness (QED) is 0.781. The molecule has 0 saturated carbocycles. The van der Waals surface area contributed by atoms with Gasteiger partial charge in [0.25, 0.3) is 0 Å². The van der Waals surface area contributed by atoms with Gasteiger partial charge in [0.05, 0.1) is 23.7 Å². The van der Waals surface area contributed by atoms with Gasteiger partial charge < -0.3 is 15.4 Å². The molecule has 2 amide bonds. The second kappa shape index (κ2) is 7.00. The summed E-state index contributed by atoms with van der Waals surface area (Å²) in [5, 5.41) is 6.54. The maximum atomic E-state index is 13.5. The lowest BCUT2D eigenvalue weighted by Crippen LogP contribution is -2.53. The number of halogens is 1. The summed E-state index contributed by atoms with van der Waals surface area (Å²) in [5.74, 6) is -0.0660. The Bertz CT molecular complexity index is 1040. The average Bonchev–Trinajstić information content (AvgIpc) is 3.38. The molecule has 3 heterocycles. The fourth-order valence-corrected chi connectivity index (χ4v) is 5.84. The standard InChI is InChI=1S/C23H24ClN3O3/c1-13-10-17-20(19(24)11-13)26-22(29)23(17)18(12-15-4-3-9-27(15)23)21(28)25-14-5-7-16(30-2)8-6-14/h5-8,10-11,15,18H,3-4,9,12H2,1-2H3,(H,25,28)(H,26,29)/t15-,18+,23-/m1/s1. The number of methoxy groups -OCH3 is 1. The molecule has 0 unspecified atom stereocenters. The van der Waals surface area contributed by atoms with Crippen molar-refractivity contribution >= 4 is 34.8 Å². The molecular weight excluding hydrogens is 402 g/mol. The van der Waals surface area contributed by atoms with Crippen molar-refractivity contribution in [1.29, 1.82) is 0 Å². The first-order valence-electron chi connectivity index (χ1n) is 10.3. The van der Waals surface area contributed by atoms with E-state index >= 15 is 0 Å². The molecule has 2 saturated heterocycles. The molecule has 2 aromatic rings. The van der Waals surface area contributed by atoms with E-state index in [2.05, 4.69) is 15.5 Å². The first-order chi connectivity index (χ1) is 14.4. The van der Waals surface area contributed by atoms with Gasteiger partial charge in [-0.2, -0.15) is 0 Å². The molecule has 0 radical (unpaired) electrons. The summed E-state index contributed by atoms with van der Waals surface area (Å²) in [6, 6.07) is 11.3. The molecule has 2 fully saturated rings. The second-order valence-electron chi connectivity index (χ2n) is 8.39. The SMILES string of the molecule is COc1ccc(NC(=O)[C@@H]2C[C@H]3CCCN3[C@@]23C(=O)Nc2c(Cl)cc(C)cc23)cc1. The first kappa shape index (κ1) is 19.4. The Hall–Kier alpha value is -2.57. The Morgan fingerprint density at radius 1 is 1.30 bits per heavy atom. The van der Waals surface area contributed by atoms with Gasteiger partial charge in [-0.3, -0.25) is 14.5 Å². The number of ether oxygens (including phenoxy) is 1. The Balaban J connectivity index is 1.57. The summed E-state index contributed by atoms with van der Waals surface area (Å²) in [4.78, 5) is 29.2. The summed E-state index contributed by atoms with van der Waals surface area (Å²) in [7, 11) is 1.60. The van der Waals surface area contributed by atoms with Crippen molar-refractivity contribution in [3.8, 4) is 5.75 Å². The minimum atomic E-state index is -1.01. The van der Waals surface area contributed by atoms with Crippen molar-refractivity contribution in [2.75, 3.05) is 24.3 Å². The highest BCUT2D eigenvalue weighted by Crippen LogP contribution is 2.56. The van der Waals surface area contributed by atoms with Crippen molar-refractivity contribution < 1.29 is 14.3 Å². The first-order valence-corrected chi connectivity index (χ1v) is 10.7. The third-order valence-corrected chi connectivity index (χ3v) is 7.04. The van der Waals surface area contributed by atoms with Crippen LogP contribution in [0.3, 0.4) is 0 Å². The van der Waals surface area contributed by atoms with E-state index in [0.717, 1.165) is 36.3 Å². The molecule has 0 aliphatic carbocycles. The minimum absolute atomic E-state index is 0.143. The molecule has 1 spiro atoms. The smallest absolute Gasteiger partial charge is 0.250 e. The summed E-state index contributed by atoms with van der Waals surface area (Å²) in [6.07, 6.45) is 2.68. The fourth-order valence-electron chi connectivity index (χ4n) is 5.52. The van der Waals surface area contributed by atoms with Gasteiger partial charge in [-0.1, -0.05) is 17.7 Å². The maximum absolute atomic E-state index is 13.5. The molecule has 2 N–H and O–H groups in total. The van der Waals surface area contributed by atoms with Gasteiger partial charge in [0.1, 0.15) is 11.3 Å². The van der Waals surface area contributed by atoms with Crippen LogP contribution in [0.1, 0.15) is 30.4 Å². The van der Waals surface area contributed by atoms with E-state index in [4.69, 9.17) is 16.3 Å². The average molecular weight is 426 g/mol. The van der Waals surface area contributed by atoms with Crippen molar-refractivity contribution in [2.24, 2.45) is 5.92 Å². The molecule has 5 rings (SSSR count). The molecule has 0 bridgehead atoms. The Labute approximate surface area is 180 Å². The van der Waals surface area contributed by atoms with E-state index in [1.807, 2.05) is 31.2 Å². The van der Waals surface area contributed by atoms with Crippen LogP contribution < -0.4 is 15.4 Å². The molecule has 3 atom stereocenters. The number of anilines is 2. The highest BCUT2D eigenvalue weighted by atomic mass is 35.5. The van der Waals surface area contributed by atoms with Crippen LogP contribution in [0.4, 0.5) is 11.4 Å². The zero-order valence-corrected chi connectivity index (χ0v) is 17.8. The molecule has 3 aliphatic heterocycles. The van der Waals surface area contributed by atoms with Crippen LogP contribution in [-0.4, -0.2) is 36.4 Å². The normalized spacial score (nSPS) is 27.1. The molecular formula is C23H24ClN3O3. The number of nitrogens with zero attached hydrogens (tertiary/aromatic N) is 1. The lowest BCUT2D eigenvalue weighted by molar-refractivity contribution is -0.135. The third-order valence-electron chi connectivity index (χ3n) is 6.75. The lowest BCUT2D eigenvalue weighted by atomic mass is 9.78. The number of carbonyl (C=O) groups is 2. The second-order valence-corrected chi connectivity index (χ2v) is 8.79. The van der Waals surface area contributed by atoms with Gasteiger partial charge in [0, 0.05) is 17.3 Å². The number of amides is 2. The number of aryl methyl sites for hydroxylation is 1. The molecule has 3 aliphatic rings. The van der Waals surface area contributed by atoms with Gasteiger partial charge in [0.15, 0.2) is 0 Å². The summed E-state index contributed by atoms with van der Waals surface area (Å²) >= 11 is 6.48. The van der Waals surface area contributed by atoms with Gasteiger partial charge in [-0.15, -0.1) is 0 Å². The number of hydrogen-bond acceptors (Lipinski definition) is 4. The molecule has 6 nitrogen and oxygen atoms in total. The number of carbonyl (C=O) groups excluding carboxylic acids is 2. The monoisotopic (exact) mass is 425 g/mol. The topological polar surface area (TPSA) is 70.7 Å². The van der Waals surface area contributed by atoms with E-state index in [1.54, 1.807) is 19.2 Å². The summed E-state index contributed by atoms with van der Waals surface area (Å²) < 4.78 is 5.19. The van der Waals surface area contributed by atoms with Crippen LogP contribution in [0.2, 0.25) is 5.02 Å². The molecule has 7 heteroatoms. The van der Waals surface area contributed by atoms with Crippen LogP contribution in [0, 0.1) is 12.8 Å². The summed E-state index contributed by atoms with van der Waals surface area (Å²) in [6.45, 7) is 2.76. The van der Waals surface area contributed by atoms with Crippen molar-refractivity contribution in [1.82, 2.24) is 4.90 Å². The van der Waals surface area contributed by atoms with Crippen LogP contribution in [0.25, 0.3) is 0 Å². The lowest BCUT2D eigenvalue weighted by Gasteiger charge is -2.36. The van der Waals surface area contributed by atoms with Gasteiger partial charge in [-0.05, 0) is 68.6 Å². The van der Waals surface area contributed by atoms with Crippen molar-refractivity contribution in [2.45, 2.75) is 37.8 Å². The molecule has 2 aromatic carbocycles. The van der Waals surface area contributed by atoms with E-state index in [-0.39, 0.29) is 17.9 Å². The predicted octanol–water partition coefficient (Wildman–Crippen LogP) is 3.93. The van der Waals surface area contributed by atoms with Crippen LogP contribution in [0.15, 0.2) is 36.4 Å². The highest BCUT2D eigenvalue weighted by Gasteiger charge is 2.65. The number of rotatable bonds is 3. The van der Waals surface area contributed by atoms with Crippen LogP contribution >= 0.6 is 11.6 Å². The predicted molar refractivity (Wildman–Crippen MR) is 116 cm³/mol. The van der Waals surface area contributed by atoms with Crippen molar-refractivity contribution in [3.05, 3.63) is 52.5 Å². The van der Waals surface area contributed by atoms with E-state index in [0.29, 0.717) is 22.8 Å². The zero-order chi connectivity index (χ0) is 21.0. The third kappa shape index (κ3) is 2.67. The molecule has 156 valence electrons. The van der Waals surface area contributed by atoms with Crippen LogP contribution in [0.5, 0.6) is 5.75 Å². The van der Waals surface area contributed by atoms with E-state index in [1.165, 1.54) is 0 Å². The highest BCUT2D eigenvalue weighted by molar-refractivity contribution is 6.35. The van der Waals surface area contributed by atoms with Gasteiger partial charge >= 0.3 is 0 Å². The molecule has 30 heavy (non-hydrogen) atoms. The largest absolute Gasteiger partial charge is 0.497 e. The number of fused-ring (bicyclic) bond motifs is 4. The fraction of sp³-hybridized carbons (Fsp3) is 0.391. The van der Waals surface area contributed by atoms with E-state index in [9.17, 15) is 9.59 Å². The Kier molecular flexibility index (Phi) is 4.52.